The van der Waals surface area contributed by atoms with E-state index in [1.807, 2.05) is 32.0 Å². The molecule has 1 aromatic carbocycles. The number of benzene rings is 1. The van der Waals surface area contributed by atoms with Gasteiger partial charge in [0.25, 0.3) is 0 Å². The number of aliphatic carboxylic acids is 1. The van der Waals surface area contributed by atoms with Crippen LogP contribution < -0.4 is 0 Å². The summed E-state index contributed by atoms with van der Waals surface area (Å²) in [5.74, 6) is -1.36. The first-order chi connectivity index (χ1) is 8.04. The third kappa shape index (κ3) is 1.90. The molecule has 0 saturated carbocycles. The lowest BCUT2D eigenvalue weighted by Crippen LogP contribution is -2.13. The molecule has 1 atom stereocenters. The quantitative estimate of drug-likeness (QED) is 0.884. The number of hydrogen-bond acceptors (Lipinski definition) is 2. The Kier molecular flexibility index (Phi) is 2.88. The zero-order chi connectivity index (χ0) is 12.6. The Hall–Kier alpha value is -1.84. The van der Waals surface area contributed by atoms with Crippen LogP contribution in [-0.2, 0) is 11.3 Å². The maximum absolute atomic E-state index is 11.2. The van der Waals surface area contributed by atoms with Gasteiger partial charge in [0.05, 0.1) is 17.1 Å². The predicted octanol–water partition coefficient (Wildman–Crippen LogP) is 2.55. The Labute approximate surface area is 99.9 Å². The monoisotopic (exact) mass is 232 g/mol. The van der Waals surface area contributed by atoms with Crippen molar-refractivity contribution < 1.29 is 9.90 Å². The van der Waals surface area contributed by atoms with Crippen molar-refractivity contribution >= 4 is 16.9 Å². The SMILES string of the molecule is CCn1nc2ccc(C)cc2c1C(C)C(=O)O. The zero-order valence-electron chi connectivity index (χ0n) is 10.3. The second-order valence-corrected chi connectivity index (χ2v) is 4.28. The third-order valence-corrected chi connectivity index (χ3v) is 3.01. The van der Waals surface area contributed by atoms with Crippen molar-refractivity contribution in [2.45, 2.75) is 33.2 Å². The second-order valence-electron chi connectivity index (χ2n) is 4.28. The number of carboxylic acid groups (broad SMARTS) is 1. The molecule has 17 heavy (non-hydrogen) atoms. The topological polar surface area (TPSA) is 55.1 Å². The Morgan fingerprint density at radius 1 is 1.53 bits per heavy atom. The lowest BCUT2D eigenvalue weighted by molar-refractivity contribution is -0.138. The van der Waals surface area contributed by atoms with Gasteiger partial charge in [-0.3, -0.25) is 9.48 Å². The van der Waals surface area contributed by atoms with Crippen LogP contribution in [0, 0.1) is 6.92 Å². The molecule has 0 fully saturated rings. The molecule has 0 radical (unpaired) electrons. The molecular formula is C13H16N2O2. The van der Waals surface area contributed by atoms with Crippen molar-refractivity contribution in [3.8, 4) is 0 Å². The van der Waals surface area contributed by atoms with Crippen LogP contribution in [-0.4, -0.2) is 20.9 Å². The molecule has 0 spiro atoms. The molecule has 0 aliphatic rings. The molecule has 0 bridgehead atoms. The summed E-state index contributed by atoms with van der Waals surface area (Å²) in [4.78, 5) is 11.2. The highest BCUT2D eigenvalue weighted by Gasteiger charge is 2.22. The van der Waals surface area contributed by atoms with Gasteiger partial charge < -0.3 is 5.11 Å². The molecule has 1 aromatic heterocycles. The first-order valence-electron chi connectivity index (χ1n) is 5.74. The van der Waals surface area contributed by atoms with Gasteiger partial charge in [0.1, 0.15) is 0 Å². The molecule has 2 aromatic rings. The van der Waals surface area contributed by atoms with E-state index < -0.39 is 11.9 Å². The summed E-state index contributed by atoms with van der Waals surface area (Å²) in [6.45, 7) is 6.35. The minimum absolute atomic E-state index is 0.540. The molecule has 90 valence electrons. The lowest BCUT2D eigenvalue weighted by Gasteiger charge is -2.09. The summed E-state index contributed by atoms with van der Waals surface area (Å²) in [5, 5.41) is 14.5. The van der Waals surface area contributed by atoms with Crippen LogP contribution in [0.1, 0.15) is 31.0 Å². The Morgan fingerprint density at radius 3 is 2.82 bits per heavy atom. The maximum atomic E-state index is 11.2. The normalized spacial score (nSPS) is 12.9. The smallest absolute Gasteiger partial charge is 0.312 e. The molecule has 4 nitrogen and oxygen atoms in total. The van der Waals surface area contributed by atoms with Crippen LogP contribution in [0.5, 0.6) is 0 Å². The Morgan fingerprint density at radius 2 is 2.24 bits per heavy atom. The van der Waals surface area contributed by atoms with E-state index in [2.05, 4.69) is 5.10 Å². The standard InChI is InChI=1S/C13H16N2O2/c1-4-15-12(9(3)13(16)17)10-7-8(2)5-6-11(10)14-15/h5-7,9H,4H2,1-3H3,(H,16,17). The molecular weight excluding hydrogens is 216 g/mol. The Bertz CT molecular complexity index is 572. The van der Waals surface area contributed by atoms with Gasteiger partial charge in [-0.25, -0.2) is 0 Å². The number of rotatable bonds is 3. The first kappa shape index (κ1) is 11.6. The van der Waals surface area contributed by atoms with Crippen molar-refractivity contribution in [1.82, 2.24) is 9.78 Å². The second kappa shape index (κ2) is 4.20. The molecule has 2 rings (SSSR count). The first-order valence-corrected chi connectivity index (χ1v) is 5.74. The molecule has 0 aliphatic carbocycles. The number of aromatic nitrogens is 2. The summed E-state index contributed by atoms with van der Waals surface area (Å²) in [6.07, 6.45) is 0. The molecule has 0 saturated heterocycles. The zero-order valence-corrected chi connectivity index (χ0v) is 10.3. The van der Waals surface area contributed by atoms with Crippen LogP contribution in [0.15, 0.2) is 18.2 Å². The third-order valence-electron chi connectivity index (χ3n) is 3.01. The number of fused-ring (bicyclic) bond motifs is 1. The summed E-state index contributed by atoms with van der Waals surface area (Å²) < 4.78 is 1.78. The van der Waals surface area contributed by atoms with E-state index in [0.717, 1.165) is 22.2 Å². The predicted molar refractivity (Wildman–Crippen MR) is 66.2 cm³/mol. The van der Waals surface area contributed by atoms with E-state index in [9.17, 15) is 4.79 Å². The van der Waals surface area contributed by atoms with Gasteiger partial charge >= 0.3 is 5.97 Å². The molecule has 0 amide bonds. The van der Waals surface area contributed by atoms with Crippen LogP contribution in [0.4, 0.5) is 0 Å². The van der Waals surface area contributed by atoms with Crippen molar-refractivity contribution in [1.29, 1.82) is 0 Å². The molecule has 0 aliphatic heterocycles. The van der Waals surface area contributed by atoms with Gasteiger partial charge in [0.15, 0.2) is 0 Å². The fourth-order valence-corrected chi connectivity index (χ4v) is 2.08. The van der Waals surface area contributed by atoms with E-state index in [1.54, 1.807) is 11.6 Å². The molecule has 1 N–H and O–H groups in total. The van der Waals surface area contributed by atoms with Gasteiger partial charge in [0, 0.05) is 11.9 Å². The van der Waals surface area contributed by atoms with Crippen LogP contribution in [0.2, 0.25) is 0 Å². The van der Waals surface area contributed by atoms with Gasteiger partial charge in [-0.2, -0.15) is 5.10 Å². The van der Waals surface area contributed by atoms with E-state index in [1.165, 1.54) is 0 Å². The number of hydrogen-bond donors (Lipinski definition) is 1. The Balaban J connectivity index is 2.72. The number of aryl methyl sites for hydroxylation is 2. The lowest BCUT2D eigenvalue weighted by atomic mass is 10.0. The fourth-order valence-electron chi connectivity index (χ4n) is 2.08. The largest absolute Gasteiger partial charge is 0.481 e. The van der Waals surface area contributed by atoms with Crippen LogP contribution in [0.3, 0.4) is 0 Å². The van der Waals surface area contributed by atoms with Crippen molar-refractivity contribution in [3.63, 3.8) is 0 Å². The summed E-state index contributed by atoms with van der Waals surface area (Å²) in [6, 6.07) is 5.93. The maximum Gasteiger partial charge on any atom is 0.312 e. The average Bonchev–Trinajstić information content (AvgIpc) is 2.65. The molecule has 1 unspecified atom stereocenters. The van der Waals surface area contributed by atoms with E-state index in [-0.39, 0.29) is 0 Å². The minimum Gasteiger partial charge on any atom is -0.481 e. The highest BCUT2D eigenvalue weighted by molar-refractivity contribution is 5.88. The van der Waals surface area contributed by atoms with Gasteiger partial charge in [-0.05, 0) is 32.9 Å². The van der Waals surface area contributed by atoms with Gasteiger partial charge in [-0.1, -0.05) is 11.6 Å². The van der Waals surface area contributed by atoms with Crippen LogP contribution in [0.25, 0.3) is 10.9 Å². The van der Waals surface area contributed by atoms with Gasteiger partial charge in [0.2, 0.25) is 0 Å². The summed E-state index contributed by atoms with van der Waals surface area (Å²) in [7, 11) is 0. The van der Waals surface area contributed by atoms with E-state index in [0.29, 0.717) is 6.54 Å². The van der Waals surface area contributed by atoms with E-state index in [4.69, 9.17) is 5.11 Å². The summed E-state index contributed by atoms with van der Waals surface area (Å²) in [5.41, 5.74) is 2.77. The minimum atomic E-state index is -0.817. The molecule has 1 heterocycles. The van der Waals surface area contributed by atoms with Crippen molar-refractivity contribution in [2.75, 3.05) is 0 Å². The highest BCUT2D eigenvalue weighted by atomic mass is 16.4. The summed E-state index contributed by atoms with van der Waals surface area (Å²) >= 11 is 0. The van der Waals surface area contributed by atoms with Gasteiger partial charge in [-0.15, -0.1) is 0 Å². The fraction of sp³-hybridized carbons (Fsp3) is 0.385. The number of carboxylic acids is 1. The van der Waals surface area contributed by atoms with Crippen molar-refractivity contribution in [2.24, 2.45) is 0 Å². The number of nitrogens with zero attached hydrogens (tertiary/aromatic N) is 2. The molecule has 4 heteroatoms. The van der Waals surface area contributed by atoms with Crippen LogP contribution >= 0.6 is 0 Å². The van der Waals surface area contributed by atoms with Crippen molar-refractivity contribution in [3.05, 3.63) is 29.5 Å². The van der Waals surface area contributed by atoms with E-state index >= 15 is 0 Å². The average molecular weight is 232 g/mol. The highest BCUT2D eigenvalue weighted by Crippen LogP contribution is 2.26. The number of carbonyl (C=O) groups is 1.